The number of nitrogens with zero attached hydrogens (tertiary/aromatic N) is 1. The van der Waals surface area contributed by atoms with Gasteiger partial charge in [0.15, 0.2) is 5.96 Å². The molecule has 1 aliphatic carbocycles. The summed E-state index contributed by atoms with van der Waals surface area (Å²) in [5, 5.41) is 19.4. The summed E-state index contributed by atoms with van der Waals surface area (Å²) in [6.45, 7) is 7.46. The summed E-state index contributed by atoms with van der Waals surface area (Å²) in [7, 11) is 0. The second-order valence-electron chi connectivity index (χ2n) is 7.69. The van der Waals surface area contributed by atoms with Crippen molar-refractivity contribution in [2.24, 2.45) is 10.9 Å². The van der Waals surface area contributed by atoms with Gasteiger partial charge in [0.2, 0.25) is 5.91 Å². The summed E-state index contributed by atoms with van der Waals surface area (Å²) in [5.74, 6) is 1.18. The van der Waals surface area contributed by atoms with Crippen LogP contribution in [-0.2, 0) is 11.3 Å². The molecule has 1 fully saturated rings. The highest BCUT2D eigenvalue weighted by atomic mass is 16.3. The Bertz CT molecular complexity index is 622. The first-order valence-electron chi connectivity index (χ1n) is 10.1. The number of carbonyl (C=O) groups is 1. The van der Waals surface area contributed by atoms with Gasteiger partial charge in [0.05, 0.1) is 12.6 Å². The van der Waals surface area contributed by atoms with Crippen LogP contribution < -0.4 is 16.0 Å². The summed E-state index contributed by atoms with van der Waals surface area (Å²) >= 11 is 0. The fraction of sp³-hybridized carbons (Fsp3) is 0.619. The maximum absolute atomic E-state index is 12.0. The van der Waals surface area contributed by atoms with E-state index in [1.54, 1.807) is 0 Å². The summed E-state index contributed by atoms with van der Waals surface area (Å²) < 4.78 is 0. The minimum Gasteiger partial charge on any atom is -0.393 e. The number of amides is 1. The Morgan fingerprint density at radius 1 is 1.26 bits per heavy atom. The highest BCUT2D eigenvalue weighted by Gasteiger charge is 2.19. The van der Waals surface area contributed by atoms with Gasteiger partial charge in [-0.05, 0) is 56.2 Å². The number of hydrogen-bond acceptors (Lipinski definition) is 3. The number of aliphatic imine (C=N–C) groups is 1. The first kappa shape index (κ1) is 21.2. The Kier molecular flexibility index (Phi) is 8.58. The second kappa shape index (κ2) is 10.9. The molecule has 0 aliphatic heterocycles. The van der Waals surface area contributed by atoms with E-state index in [1.165, 1.54) is 0 Å². The minimum absolute atomic E-state index is 0.0418. The lowest BCUT2D eigenvalue weighted by Gasteiger charge is -2.27. The van der Waals surface area contributed by atoms with Gasteiger partial charge >= 0.3 is 0 Å². The van der Waals surface area contributed by atoms with Crippen LogP contribution in [0, 0.1) is 5.92 Å². The quantitative estimate of drug-likeness (QED) is 0.436. The van der Waals surface area contributed by atoms with Crippen LogP contribution in [0.4, 0.5) is 5.69 Å². The molecule has 27 heavy (non-hydrogen) atoms. The van der Waals surface area contributed by atoms with E-state index in [4.69, 9.17) is 0 Å². The number of hydrogen-bond donors (Lipinski definition) is 4. The molecule has 0 spiro atoms. The summed E-state index contributed by atoms with van der Waals surface area (Å²) in [4.78, 5) is 16.6. The zero-order valence-corrected chi connectivity index (χ0v) is 16.8. The van der Waals surface area contributed by atoms with E-state index in [0.717, 1.165) is 49.4 Å². The van der Waals surface area contributed by atoms with Crippen molar-refractivity contribution in [1.29, 1.82) is 0 Å². The van der Waals surface area contributed by atoms with Gasteiger partial charge < -0.3 is 21.1 Å². The van der Waals surface area contributed by atoms with E-state index >= 15 is 0 Å². The molecule has 0 unspecified atom stereocenters. The van der Waals surface area contributed by atoms with E-state index < -0.39 is 0 Å². The molecule has 0 radical (unpaired) electrons. The highest BCUT2D eigenvalue weighted by Crippen LogP contribution is 2.18. The Balaban J connectivity index is 1.94. The lowest BCUT2D eigenvalue weighted by Crippen LogP contribution is -2.45. The van der Waals surface area contributed by atoms with Gasteiger partial charge in [-0.3, -0.25) is 4.79 Å². The number of rotatable bonds is 7. The zero-order chi connectivity index (χ0) is 19.6. The molecule has 0 atom stereocenters. The van der Waals surface area contributed by atoms with Crippen molar-refractivity contribution in [1.82, 2.24) is 10.6 Å². The molecule has 0 aromatic heterocycles. The molecule has 1 saturated carbocycles. The Hall–Kier alpha value is -2.08. The molecule has 2 rings (SSSR count). The number of aliphatic hydroxyl groups is 1. The molecule has 1 aromatic carbocycles. The standard InChI is InChI=1S/C21H34N4O2/c1-4-22-21(25-17-8-10-19(26)11-9-17)23-14-16-6-5-7-18(13-16)24-20(27)12-15(2)3/h5-7,13,15,17,19,26H,4,8-12,14H2,1-3H3,(H,24,27)(H2,22,23,25). The molecule has 1 aliphatic rings. The molecular formula is C21H34N4O2. The van der Waals surface area contributed by atoms with Gasteiger partial charge in [-0.1, -0.05) is 26.0 Å². The van der Waals surface area contributed by atoms with Crippen LogP contribution in [0.1, 0.15) is 58.4 Å². The van der Waals surface area contributed by atoms with Gasteiger partial charge in [-0.25, -0.2) is 4.99 Å². The number of aliphatic hydroxyl groups excluding tert-OH is 1. The van der Waals surface area contributed by atoms with Crippen LogP contribution in [-0.4, -0.2) is 35.7 Å². The summed E-state index contributed by atoms with van der Waals surface area (Å²) in [5.41, 5.74) is 1.86. The predicted molar refractivity (Wildman–Crippen MR) is 111 cm³/mol. The Morgan fingerprint density at radius 2 is 2.00 bits per heavy atom. The number of benzene rings is 1. The van der Waals surface area contributed by atoms with Crippen LogP contribution in [0.15, 0.2) is 29.3 Å². The first-order valence-corrected chi connectivity index (χ1v) is 10.1. The van der Waals surface area contributed by atoms with Crippen LogP contribution in [0.5, 0.6) is 0 Å². The number of guanidine groups is 1. The minimum atomic E-state index is -0.156. The van der Waals surface area contributed by atoms with Crippen molar-refractivity contribution >= 4 is 17.6 Å². The molecule has 150 valence electrons. The fourth-order valence-electron chi connectivity index (χ4n) is 3.23. The smallest absolute Gasteiger partial charge is 0.224 e. The van der Waals surface area contributed by atoms with Gasteiger partial charge in [-0.15, -0.1) is 0 Å². The maximum Gasteiger partial charge on any atom is 0.224 e. The van der Waals surface area contributed by atoms with Crippen molar-refractivity contribution in [3.63, 3.8) is 0 Å². The van der Waals surface area contributed by atoms with Crippen molar-refractivity contribution in [2.75, 3.05) is 11.9 Å². The Labute approximate surface area is 162 Å². The molecule has 1 amide bonds. The molecule has 0 saturated heterocycles. The molecule has 6 nitrogen and oxygen atoms in total. The topological polar surface area (TPSA) is 85.8 Å². The monoisotopic (exact) mass is 374 g/mol. The summed E-state index contributed by atoms with van der Waals surface area (Å²) in [6, 6.07) is 8.19. The van der Waals surface area contributed by atoms with Crippen LogP contribution in [0.25, 0.3) is 0 Å². The maximum atomic E-state index is 12.0. The van der Waals surface area contributed by atoms with Gasteiger partial charge in [0.1, 0.15) is 0 Å². The third-order valence-corrected chi connectivity index (χ3v) is 4.61. The number of carbonyl (C=O) groups excluding carboxylic acids is 1. The number of nitrogens with one attached hydrogen (secondary N) is 3. The van der Waals surface area contributed by atoms with Crippen molar-refractivity contribution < 1.29 is 9.90 Å². The van der Waals surface area contributed by atoms with Gasteiger partial charge in [0.25, 0.3) is 0 Å². The normalized spacial score (nSPS) is 20.4. The molecule has 0 bridgehead atoms. The van der Waals surface area contributed by atoms with E-state index in [-0.39, 0.29) is 12.0 Å². The van der Waals surface area contributed by atoms with Crippen LogP contribution in [0.3, 0.4) is 0 Å². The lowest BCUT2D eigenvalue weighted by molar-refractivity contribution is -0.116. The average molecular weight is 375 g/mol. The first-order chi connectivity index (χ1) is 13.0. The van der Waals surface area contributed by atoms with Crippen molar-refractivity contribution in [3.05, 3.63) is 29.8 Å². The highest BCUT2D eigenvalue weighted by molar-refractivity contribution is 5.90. The van der Waals surface area contributed by atoms with E-state index in [2.05, 4.69) is 20.9 Å². The van der Waals surface area contributed by atoms with E-state index in [0.29, 0.717) is 24.9 Å². The van der Waals surface area contributed by atoms with Gasteiger partial charge in [-0.2, -0.15) is 0 Å². The summed E-state index contributed by atoms with van der Waals surface area (Å²) in [6.07, 6.45) is 3.97. The zero-order valence-electron chi connectivity index (χ0n) is 16.8. The van der Waals surface area contributed by atoms with Crippen LogP contribution >= 0.6 is 0 Å². The predicted octanol–water partition coefficient (Wildman–Crippen LogP) is 3.03. The largest absolute Gasteiger partial charge is 0.393 e. The Morgan fingerprint density at radius 3 is 2.67 bits per heavy atom. The molecule has 4 N–H and O–H groups in total. The third kappa shape index (κ3) is 7.99. The molecular weight excluding hydrogens is 340 g/mol. The van der Waals surface area contributed by atoms with Crippen molar-refractivity contribution in [2.45, 2.75) is 71.6 Å². The van der Waals surface area contributed by atoms with E-state index in [9.17, 15) is 9.90 Å². The number of anilines is 1. The average Bonchev–Trinajstić information content (AvgIpc) is 2.61. The van der Waals surface area contributed by atoms with Crippen LogP contribution in [0.2, 0.25) is 0 Å². The molecule has 1 aromatic rings. The second-order valence-corrected chi connectivity index (χ2v) is 7.69. The molecule has 0 heterocycles. The lowest BCUT2D eigenvalue weighted by atomic mass is 9.93. The fourth-order valence-corrected chi connectivity index (χ4v) is 3.23. The van der Waals surface area contributed by atoms with E-state index in [1.807, 2.05) is 45.0 Å². The SMILES string of the molecule is CCNC(=NCc1cccc(NC(=O)CC(C)C)c1)NC1CCC(O)CC1. The molecule has 6 heteroatoms. The van der Waals surface area contributed by atoms with Crippen molar-refractivity contribution in [3.8, 4) is 0 Å². The van der Waals surface area contributed by atoms with Gasteiger partial charge in [0, 0.05) is 24.7 Å². The third-order valence-electron chi connectivity index (χ3n) is 4.61.